The summed E-state index contributed by atoms with van der Waals surface area (Å²) in [6.45, 7) is -2.88. The number of hydrogen-bond donors (Lipinski definition) is 2. The van der Waals surface area contributed by atoms with Crippen molar-refractivity contribution in [2.24, 2.45) is 11.8 Å². The van der Waals surface area contributed by atoms with E-state index in [4.69, 9.17) is 0 Å². The number of amides is 2. The third-order valence-electron chi connectivity index (χ3n) is 4.81. The van der Waals surface area contributed by atoms with Crippen LogP contribution < -0.4 is 15.4 Å². The number of pyridine rings is 1. The van der Waals surface area contributed by atoms with Gasteiger partial charge in [0, 0.05) is 37.7 Å². The number of rotatable bonds is 5. The summed E-state index contributed by atoms with van der Waals surface area (Å²) in [4.78, 5) is 15.7. The Morgan fingerprint density at radius 3 is 2.64 bits per heavy atom. The Labute approximate surface area is 142 Å². The Morgan fingerprint density at radius 1 is 1.32 bits per heavy atom. The van der Waals surface area contributed by atoms with Crippen LogP contribution in [0.15, 0.2) is 18.3 Å². The SMILES string of the molecule is O=C(NCc1ccnc(OC(F)F)c1)NC1C2CCC1CC(F)(F)C2. The van der Waals surface area contributed by atoms with Gasteiger partial charge in [0.25, 0.3) is 0 Å². The van der Waals surface area contributed by atoms with Crippen LogP contribution in [0.4, 0.5) is 22.4 Å². The molecule has 0 aliphatic heterocycles. The molecule has 2 unspecified atom stereocenters. The first-order chi connectivity index (χ1) is 11.8. The van der Waals surface area contributed by atoms with Gasteiger partial charge < -0.3 is 15.4 Å². The van der Waals surface area contributed by atoms with Crippen LogP contribution in [0.2, 0.25) is 0 Å². The third kappa shape index (κ3) is 4.52. The maximum absolute atomic E-state index is 13.6. The summed E-state index contributed by atoms with van der Waals surface area (Å²) < 4.78 is 55.6. The van der Waals surface area contributed by atoms with Crippen molar-refractivity contribution in [3.63, 3.8) is 0 Å². The number of carbonyl (C=O) groups excluding carboxylic acids is 1. The minimum Gasteiger partial charge on any atom is -0.417 e. The molecule has 5 nitrogen and oxygen atoms in total. The number of ether oxygens (including phenoxy) is 1. The Bertz CT molecular complexity index is 613. The van der Waals surface area contributed by atoms with E-state index >= 15 is 0 Å². The van der Waals surface area contributed by atoms with E-state index in [-0.39, 0.29) is 43.1 Å². The highest BCUT2D eigenvalue weighted by atomic mass is 19.3. The van der Waals surface area contributed by atoms with Crippen LogP contribution in [-0.4, -0.2) is 29.6 Å². The molecule has 2 bridgehead atoms. The summed E-state index contributed by atoms with van der Waals surface area (Å²) in [5.74, 6) is -3.28. The molecule has 25 heavy (non-hydrogen) atoms. The summed E-state index contributed by atoms with van der Waals surface area (Å²) >= 11 is 0. The molecule has 2 N–H and O–H groups in total. The first-order valence-corrected chi connectivity index (χ1v) is 8.14. The van der Waals surface area contributed by atoms with Gasteiger partial charge in [-0.3, -0.25) is 0 Å². The molecule has 2 aliphatic carbocycles. The number of hydrogen-bond acceptors (Lipinski definition) is 3. The smallest absolute Gasteiger partial charge is 0.388 e. The molecule has 0 aromatic carbocycles. The van der Waals surface area contributed by atoms with Crippen LogP contribution in [0.5, 0.6) is 5.88 Å². The van der Waals surface area contributed by atoms with Gasteiger partial charge in [-0.25, -0.2) is 18.6 Å². The minimum absolute atomic E-state index is 0.0894. The van der Waals surface area contributed by atoms with Crippen LogP contribution in [0, 0.1) is 11.8 Å². The van der Waals surface area contributed by atoms with Crippen molar-refractivity contribution < 1.29 is 27.1 Å². The number of carbonyl (C=O) groups is 1. The fourth-order valence-corrected chi connectivity index (χ4v) is 3.82. The number of urea groups is 1. The highest BCUT2D eigenvalue weighted by Gasteiger charge is 2.50. The topological polar surface area (TPSA) is 63.2 Å². The Morgan fingerprint density at radius 2 is 2.00 bits per heavy atom. The van der Waals surface area contributed by atoms with Gasteiger partial charge in [0.2, 0.25) is 11.8 Å². The monoisotopic (exact) mass is 361 g/mol. The summed E-state index contributed by atoms with van der Waals surface area (Å²) in [6, 6.07) is 2.16. The van der Waals surface area contributed by atoms with E-state index in [9.17, 15) is 22.4 Å². The van der Waals surface area contributed by atoms with Crippen molar-refractivity contribution in [3.8, 4) is 5.88 Å². The molecule has 2 amide bonds. The van der Waals surface area contributed by atoms with E-state index < -0.39 is 18.6 Å². The van der Waals surface area contributed by atoms with E-state index in [1.807, 2.05) is 0 Å². The van der Waals surface area contributed by atoms with Crippen LogP contribution in [0.3, 0.4) is 0 Å². The van der Waals surface area contributed by atoms with Gasteiger partial charge in [0.15, 0.2) is 0 Å². The van der Waals surface area contributed by atoms with Gasteiger partial charge in [0.05, 0.1) is 0 Å². The lowest BCUT2D eigenvalue weighted by atomic mass is 9.82. The molecule has 0 saturated heterocycles. The molecule has 2 aliphatic rings. The first kappa shape index (κ1) is 17.8. The maximum Gasteiger partial charge on any atom is 0.388 e. The van der Waals surface area contributed by atoms with Gasteiger partial charge >= 0.3 is 12.6 Å². The Kier molecular flexibility index (Phi) is 5.01. The van der Waals surface area contributed by atoms with Gasteiger partial charge in [-0.05, 0) is 36.3 Å². The van der Waals surface area contributed by atoms with Gasteiger partial charge in [-0.15, -0.1) is 0 Å². The molecule has 1 aromatic rings. The van der Waals surface area contributed by atoms with E-state index in [0.29, 0.717) is 18.4 Å². The fraction of sp³-hybridized carbons (Fsp3) is 0.625. The fourth-order valence-electron chi connectivity index (χ4n) is 3.82. The predicted molar refractivity (Wildman–Crippen MR) is 80.4 cm³/mol. The number of alkyl halides is 4. The Hall–Kier alpha value is -2.06. The molecule has 0 radical (unpaired) electrons. The van der Waals surface area contributed by atoms with Crippen molar-refractivity contribution in [1.82, 2.24) is 15.6 Å². The lowest BCUT2D eigenvalue weighted by molar-refractivity contribution is -0.0653. The number of halogens is 4. The van der Waals surface area contributed by atoms with Crippen LogP contribution in [-0.2, 0) is 6.54 Å². The molecule has 9 heteroatoms. The molecule has 138 valence electrons. The van der Waals surface area contributed by atoms with Crippen molar-refractivity contribution in [3.05, 3.63) is 23.9 Å². The summed E-state index contributed by atoms with van der Waals surface area (Å²) in [5, 5.41) is 5.39. The molecule has 3 rings (SSSR count). The quantitative estimate of drug-likeness (QED) is 0.791. The molecular weight excluding hydrogens is 342 g/mol. The Balaban J connectivity index is 1.51. The van der Waals surface area contributed by atoms with Crippen molar-refractivity contribution in [2.45, 2.75) is 50.8 Å². The van der Waals surface area contributed by atoms with Crippen molar-refractivity contribution in [1.29, 1.82) is 0 Å². The molecule has 2 saturated carbocycles. The van der Waals surface area contributed by atoms with Gasteiger partial charge in [-0.1, -0.05) is 0 Å². The molecular formula is C16H19F4N3O2. The number of nitrogens with zero attached hydrogens (tertiary/aromatic N) is 1. The maximum atomic E-state index is 13.6. The van der Waals surface area contributed by atoms with Gasteiger partial charge in [-0.2, -0.15) is 8.78 Å². The predicted octanol–water partition coefficient (Wildman–Crippen LogP) is 3.31. The molecule has 0 spiro atoms. The molecule has 1 aromatic heterocycles. The largest absolute Gasteiger partial charge is 0.417 e. The standard InChI is InChI=1S/C16H19F4N3O2/c17-14(18)25-12-5-9(3-4-21-12)8-22-15(24)23-13-10-1-2-11(13)7-16(19,20)6-10/h3-5,10-11,13-14H,1-2,6-8H2,(H2,22,23,24). The summed E-state index contributed by atoms with van der Waals surface area (Å²) in [5.41, 5.74) is 0.541. The average molecular weight is 361 g/mol. The van der Waals surface area contributed by atoms with Crippen LogP contribution in [0.25, 0.3) is 0 Å². The van der Waals surface area contributed by atoms with Crippen molar-refractivity contribution >= 4 is 6.03 Å². The highest BCUT2D eigenvalue weighted by molar-refractivity contribution is 5.74. The van der Waals surface area contributed by atoms with Gasteiger partial charge in [0.1, 0.15) is 0 Å². The average Bonchev–Trinajstić information content (AvgIpc) is 2.76. The molecule has 1 heterocycles. The second-order valence-corrected chi connectivity index (χ2v) is 6.60. The zero-order valence-corrected chi connectivity index (χ0v) is 13.4. The second kappa shape index (κ2) is 7.05. The third-order valence-corrected chi connectivity index (χ3v) is 4.81. The number of nitrogens with one attached hydrogen (secondary N) is 2. The molecule has 2 atom stereocenters. The normalized spacial score (nSPS) is 27.2. The molecule has 2 fully saturated rings. The first-order valence-electron chi connectivity index (χ1n) is 8.14. The van der Waals surface area contributed by atoms with E-state index in [1.165, 1.54) is 12.3 Å². The highest BCUT2D eigenvalue weighted by Crippen LogP contribution is 2.48. The van der Waals surface area contributed by atoms with Crippen molar-refractivity contribution in [2.75, 3.05) is 0 Å². The van der Waals surface area contributed by atoms with Crippen LogP contribution in [0.1, 0.15) is 31.2 Å². The zero-order valence-electron chi connectivity index (χ0n) is 13.4. The lowest BCUT2D eigenvalue weighted by Crippen LogP contribution is -2.50. The van der Waals surface area contributed by atoms with E-state index in [1.54, 1.807) is 6.07 Å². The van der Waals surface area contributed by atoms with Crippen LogP contribution >= 0.6 is 0 Å². The zero-order chi connectivity index (χ0) is 18.0. The lowest BCUT2D eigenvalue weighted by Gasteiger charge is -2.35. The van der Waals surface area contributed by atoms with E-state index in [2.05, 4.69) is 20.4 Å². The summed E-state index contributed by atoms with van der Waals surface area (Å²) in [6.07, 6.45) is 2.32. The second-order valence-electron chi connectivity index (χ2n) is 6.60. The number of aromatic nitrogens is 1. The minimum atomic E-state index is -2.97. The summed E-state index contributed by atoms with van der Waals surface area (Å²) in [7, 11) is 0. The van der Waals surface area contributed by atoms with E-state index in [0.717, 1.165) is 0 Å². The number of fused-ring (bicyclic) bond motifs is 2.